The van der Waals surface area contributed by atoms with E-state index in [0.29, 0.717) is 5.56 Å². The predicted octanol–water partition coefficient (Wildman–Crippen LogP) is 4.23. The number of aliphatic hydroxyl groups excluding tert-OH is 1. The molecule has 1 atom stereocenters. The first-order chi connectivity index (χ1) is 9.70. The standard InChI is InChI=1S/C16H18F3NO/c1-9-10(2)15(20-11(9)3)14(21)8-12-4-6-13(7-5-12)16(17,18)19/h4-7,14,20-21H,8H2,1-3H3. The summed E-state index contributed by atoms with van der Waals surface area (Å²) in [6.07, 6.45) is -4.81. The monoisotopic (exact) mass is 297 g/mol. The van der Waals surface area contributed by atoms with Crippen LogP contribution in [0.1, 0.15) is 39.7 Å². The Bertz CT molecular complexity index is 626. The van der Waals surface area contributed by atoms with Crippen molar-refractivity contribution in [2.24, 2.45) is 0 Å². The van der Waals surface area contributed by atoms with Crippen LogP contribution in [0.2, 0.25) is 0 Å². The molecule has 2 aromatic rings. The van der Waals surface area contributed by atoms with Crippen molar-refractivity contribution < 1.29 is 18.3 Å². The molecule has 1 aromatic heterocycles. The maximum Gasteiger partial charge on any atom is 0.416 e. The van der Waals surface area contributed by atoms with Crippen molar-refractivity contribution >= 4 is 0 Å². The van der Waals surface area contributed by atoms with Crippen molar-refractivity contribution in [3.05, 3.63) is 57.9 Å². The first kappa shape index (κ1) is 15.6. The highest BCUT2D eigenvalue weighted by molar-refractivity contribution is 5.36. The average Bonchev–Trinajstić information content (AvgIpc) is 2.66. The lowest BCUT2D eigenvalue weighted by Crippen LogP contribution is -2.06. The Labute approximate surface area is 121 Å². The van der Waals surface area contributed by atoms with Gasteiger partial charge in [-0.05, 0) is 49.6 Å². The molecule has 114 valence electrons. The zero-order chi connectivity index (χ0) is 15.8. The summed E-state index contributed by atoms with van der Waals surface area (Å²) in [5, 5.41) is 10.3. The molecule has 0 amide bonds. The van der Waals surface area contributed by atoms with Crippen molar-refractivity contribution in [3.63, 3.8) is 0 Å². The third-order valence-electron chi connectivity index (χ3n) is 3.89. The molecule has 0 spiro atoms. The highest BCUT2D eigenvalue weighted by atomic mass is 19.4. The van der Waals surface area contributed by atoms with E-state index in [1.165, 1.54) is 12.1 Å². The van der Waals surface area contributed by atoms with Gasteiger partial charge in [-0.1, -0.05) is 12.1 Å². The molecule has 0 saturated carbocycles. The highest BCUT2D eigenvalue weighted by Gasteiger charge is 2.30. The summed E-state index contributed by atoms with van der Waals surface area (Å²) >= 11 is 0. The fourth-order valence-corrected chi connectivity index (χ4v) is 2.36. The zero-order valence-electron chi connectivity index (χ0n) is 12.2. The maximum absolute atomic E-state index is 12.5. The fraction of sp³-hybridized carbons (Fsp3) is 0.375. The maximum atomic E-state index is 12.5. The lowest BCUT2D eigenvalue weighted by atomic mass is 10.0. The lowest BCUT2D eigenvalue weighted by Gasteiger charge is -2.12. The minimum absolute atomic E-state index is 0.276. The van der Waals surface area contributed by atoms with Crippen molar-refractivity contribution in [2.75, 3.05) is 0 Å². The van der Waals surface area contributed by atoms with Crippen LogP contribution in [0, 0.1) is 20.8 Å². The van der Waals surface area contributed by atoms with Gasteiger partial charge in [-0.2, -0.15) is 13.2 Å². The summed E-state index contributed by atoms with van der Waals surface area (Å²) in [4.78, 5) is 3.14. The molecule has 2 rings (SSSR count). The second-order valence-electron chi connectivity index (χ2n) is 5.33. The van der Waals surface area contributed by atoms with Gasteiger partial charge in [0, 0.05) is 17.8 Å². The highest BCUT2D eigenvalue weighted by Crippen LogP contribution is 2.30. The van der Waals surface area contributed by atoms with Crippen molar-refractivity contribution in [2.45, 2.75) is 39.5 Å². The van der Waals surface area contributed by atoms with E-state index in [0.717, 1.165) is 34.6 Å². The number of aryl methyl sites for hydroxylation is 1. The second-order valence-corrected chi connectivity index (χ2v) is 5.33. The molecule has 2 N–H and O–H groups in total. The molecule has 0 saturated heterocycles. The fourth-order valence-electron chi connectivity index (χ4n) is 2.36. The van der Waals surface area contributed by atoms with E-state index in [1.54, 1.807) is 0 Å². The summed E-state index contributed by atoms with van der Waals surface area (Å²) in [5.74, 6) is 0. The number of benzene rings is 1. The van der Waals surface area contributed by atoms with Gasteiger partial charge < -0.3 is 10.1 Å². The van der Waals surface area contributed by atoms with E-state index in [-0.39, 0.29) is 6.42 Å². The van der Waals surface area contributed by atoms with E-state index < -0.39 is 17.8 Å². The van der Waals surface area contributed by atoms with Crippen LogP contribution in [0.5, 0.6) is 0 Å². The van der Waals surface area contributed by atoms with Gasteiger partial charge in [0.15, 0.2) is 0 Å². The van der Waals surface area contributed by atoms with Gasteiger partial charge in [-0.25, -0.2) is 0 Å². The second kappa shape index (κ2) is 5.56. The summed E-state index contributed by atoms with van der Waals surface area (Å²) in [5.41, 5.74) is 3.80. The first-order valence-corrected chi connectivity index (χ1v) is 6.70. The number of aliphatic hydroxyl groups is 1. The van der Waals surface area contributed by atoms with Crippen molar-refractivity contribution in [1.82, 2.24) is 4.98 Å². The molecule has 0 radical (unpaired) electrons. The van der Waals surface area contributed by atoms with Crippen LogP contribution in [0.4, 0.5) is 13.2 Å². The minimum atomic E-state index is -4.33. The molecule has 0 bridgehead atoms. The minimum Gasteiger partial charge on any atom is -0.387 e. The van der Waals surface area contributed by atoms with Crippen molar-refractivity contribution in [1.29, 1.82) is 0 Å². The first-order valence-electron chi connectivity index (χ1n) is 6.70. The number of aromatic amines is 1. The summed E-state index contributed by atoms with van der Waals surface area (Å²) < 4.78 is 37.5. The van der Waals surface area contributed by atoms with Gasteiger partial charge in [-0.15, -0.1) is 0 Å². The average molecular weight is 297 g/mol. The number of halogens is 3. The number of alkyl halides is 3. The Morgan fingerprint density at radius 2 is 1.62 bits per heavy atom. The Morgan fingerprint density at radius 1 is 1.05 bits per heavy atom. The van der Waals surface area contributed by atoms with E-state index in [9.17, 15) is 18.3 Å². The van der Waals surface area contributed by atoms with Crippen LogP contribution in [0.3, 0.4) is 0 Å². The summed E-state index contributed by atoms with van der Waals surface area (Å²) in [6, 6.07) is 4.90. The van der Waals surface area contributed by atoms with Gasteiger partial charge in [0.25, 0.3) is 0 Å². The molecule has 21 heavy (non-hydrogen) atoms. The molecular formula is C16H18F3NO. The van der Waals surface area contributed by atoms with Crippen molar-refractivity contribution in [3.8, 4) is 0 Å². The Balaban J connectivity index is 2.16. The Hall–Kier alpha value is -1.75. The van der Waals surface area contributed by atoms with Gasteiger partial charge in [0.1, 0.15) is 0 Å². The molecular weight excluding hydrogens is 279 g/mol. The number of rotatable bonds is 3. The quantitative estimate of drug-likeness (QED) is 0.873. The molecule has 0 aliphatic rings. The number of hydrogen-bond donors (Lipinski definition) is 2. The van der Waals surface area contributed by atoms with Gasteiger partial charge in [-0.3, -0.25) is 0 Å². The predicted molar refractivity (Wildman–Crippen MR) is 75.1 cm³/mol. The summed E-state index contributed by atoms with van der Waals surface area (Å²) in [7, 11) is 0. The Morgan fingerprint density at radius 3 is 2.05 bits per heavy atom. The smallest absolute Gasteiger partial charge is 0.387 e. The van der Waals surface area contributed by atoms with E-state index >= 15 is 0 Å². The van der Waals surface area contributed by atoms with Crippen LogP contribution >= 0.6 is 0 Å². The van der Waals surface area contributed by atoms with Crippen LogP contribution in [-0.4, -0.2) is 10.1 Å². The van der Waals surface area contributed by atoms with Crippen LogP contribution in [0.25, 0.3) is 0 Å². The summed E-state index contributed by atoms with van der Waals surface area (Å²) in [6.45, 7) is 5.82. The molecule has 0 aliphatic heterocycles. The van der Waals surface area contributed by atoms with Gasteiger partial charge in [0.05, 0.1) is 11.7 Å². The number of aromatic nitrogens is 1. The normalized spacial score (nSPS) is 13.5. The molecule has 0 fully saturated rings. The van der Waals surface area contributed by atoms with Crippen LogP contribution in [-0.2, 0) is 12.6 Å². The van der Waals surface area contributed by atoms with E-state index in [2.05, 4.69) is 4.98 Å². The topological polar surface area (TPSA) is 36.0 Å². The van der Waals surface area contributed by atoms with Crippen LogP contribution in [0.15, 0.2) is 24.3 Å². The third-order valence-corrected chi connectivity index (χ3v) is 3.89. The molecule has 2 nitrogen and oxygen atoms in total. The zero-order valence-corrected chi connectivity index (χ0v) is 12.2. The van der Waals surface area contributed by atoms with Gasteiger partial charge in [0.2, 0.25) is 0 Å². The van der Waals surface area contributed by atoms with E-state index in [1.807, 2.05) is 20.8 Å². The molecule has 5 heteroatoms. The lowest BCUT2D eigenvalue weighted by molar-refractivity contribution is -0.137. The SMILES string of the molecule is Cc1[nH]c(C(O)Cc2ccc(C(F)(F)F)cc2)c(C)c1C. The van der Waals surface area contributed by atoms with Gasteiger partial charge >= 0.3 is 6.18 Å². The van der Waals surface area contributed by atoms with Crippen LogP contribution < -0.4 is 0 Å². The molecule has 1 heterocycles. The largest absolute Gasteiger partial charge is 0.416 e. The molecule has 1 aromatic carbocycles. The number of nitrogens with one attached hydrogen (secondary N) is 1. The number of H-pyrrole nitrogens is 1. The molecule has 1 unspecified atom stereocenters. The third kappa shape index (κ3) is 3.29. The molecule has 0 aliphatic carbocycles. The number of hydrogen-bond acceptors (Lipinski definition) is 1. The Kier molecular flexibility index (Phi) is 4.14. The van der Waals surface area contributed by atoms with E-state index in [4.69, 9.17) is 0 Å².